The van der Waals surface area contributed by atoms with Crippen molar-refractivity contribution < 1.29 is 18.7 Å². The first-order valence-electron chi connectivity index (χ1n) is 11.7. The summed E-state index contributed by atoms with van der Waals surface area (Å²) in [6, 6.07) is 28.8. The molecule has 188 valence electrons. The van der Waals surface area contributed by atoms with Gasteiger partial charge < -0.3 is 15.4 Å². The monoisotopic (exact) mass is 517 g/mol. The smallest absolute Gasteiger partial charge is 0.326 e. The molecule has 4 aromatic carbocycles. The van der Waals surface area contributed by atoms with Gasteiger partial charge in [0.15, 0.2) is 0 Å². The van der Waals surface area contributed by atoms with Crippen LogP contribution in [0.25, 0.3) is 0 Å². The predicted octanol–water partition coefficient (Wildman–Crippen LogP) is 7.13. The van der Waals surface area contributed by atoms with Crippen LogP contribution in [0.2, 0.25) is 5.02 Å². The Balaban J connectivity index is 1.43. The summed E-state index contributed by atoms with van der Waals surface area (Å²) in [6.07, 6.45) is 0.436. The van der Waals surface area contributed by atoms with Gasteiger partial charge in [-0.2, -0.15) is 0 Å². The fraction of sp³-hybridized carbons (Fsp3) is 0.103. The molecule has 0 fully saturated rings. The van der Waals surface area contributed by atoms with E-state index in [9.17, 15) is 14.0 Å². The van der Waals surface area contributed by atoms with Gasteiger partial charge in [-0.1, -0.05) is 48.0 Å². The van der Waals surface area contributed by atoms with Crippen molar-refractivity contribution in [1.82, 2.24) is 5.32 Å². The minimum atomic E-state index is -0.583. The molecule has 0 spiro atoms. The van der Waals surface area contributed by atoms with E-state index in [1.54, 1.807) is 59.5 Å². The van der Waals surface area contributed by atoms with Crippen molar-refractivity contribution in [3.8, 4) is 11.5 Å². The van der Waals surface area contributed by atoms with Crippen molar-refractivity contribution in [2.24, 2.45) is 0 Å². The maximum atomic E-state index is 13.9. The summed E-state index contributed by atoms with van der Waals surface area (Å²) in [5.41, 5.74) is 1.17. The van der Waals surface area contributed by atoms with Crippen LogP contribution in [0, 0.1) is 5.82 Å². The molecule has 8 heteroatoms. The second-order valence-electron chi connectivity index (χ2n) is 8.09. The van der Waals surface area contributed by atoms with Crippen molar-refractivity contribution in [3.05, 3.63) is 120 Å². The molecule has 0 radical (unpaired) electrons. The molecule has 0 aliphatic rings. The average Bonchev–Trinajstić information content (AvgIpc) is 2.90. The molecule has 0 saturated heterocycles. The van der Waals surface area contributed by atoms with Crippen LogP contribution in [0.15, 0.2) is 103 Å². The lowest BCUT2D eigenvalue weighted by molar-refractivity contribution is 0.0949. The second-order valence-corrected chi connectivity index (χ2v) is 8.53. The van der Waals surface area contributed by atoms with Crippen molar-refractivity contribution in [2.75, 3.05) is 23.3 Å². The molecule has 0 aliphatic heterocycles. The van der Waals surface area contributed by atoms with Crippen molar-refractivity contribution >= 4 is 34.9 Å². The number of amides is 3. The molecule has 6 nitrogen and oxygen atoms in total. The average molecular weight is 518 g/mol. The third-order valence-electron chi connectivity index (χ3n) is 5.41. The molecule has 37 heavy (non-hydrogen) atoms. The predicted molar refractivity (Wildman–Crippen MR) is 144 cm³/mol. The lowest BCUT2D eigenvalue weighted by Crippen LogP contribution is -2.37. The summed E-state index contributed by atoms with van der Waals surface area (Å²) < 4.78 is 19.7. The Hall–Kier alpha value is -4.36. The zero-order chi connectivity index (χ0) is 26.0. The lowest BCUT2D eigenvalue weighted by atomic mass is 10.2. The number of hydrogen-bond acceptors (Lipinski definition) is 3. The highest BCUT2D eigenvalue weighted by atomic mass is 35.5. The van der Waals surface area contributed by atoms with Crippen LogP contribution in [0.5, 0.6) is 11.5 Å². The largest absolute Gasteiger partial charge is 0.457 e. The maximum absolute atomic E-state index is 13.9. The van der Waals surface area contributed by atoms with Crippen LogP contribution >= 0.6 is 11.6 Å². The molecule has 3 amide bonds. The van der Waals surface area contributed by atoms with E-state index in [2.05, 4.69) is 10.6 Å². The zero-order valence-electron chi connectivity index (χ0n) is 19.9. The number of halogens is 2. The van der Waals surface area contributed by atoms with Gasteiger partial charge in [-0.05, 0) is 73.2 Å². The lowest BCUT2D eigenvalue weighted by Gasteiger charge is -2.24. The van der Waals surface area contributed by atoms with Gasteiger partial charge in [0, 0.05) is 29.5 Å². The number of nitrogens with one attached hydrogen (secondary N) is 2. The number of hydrogen-bond donors (Lipinski definition) is 2. The third-order valence-corrected chi connectivity index (χ3v) is 5.65. The van der Waals surface area contributed by atoms with Crippen LogP contribution in [-0.2, 0) is 0 Å². The molecule has 0 aromatic heterocycles. The normalized spacial score (nSPS) is 10.4. The molecule has 4 aromatic rings. The van der Waals surface area contributed by atoms with Gasteiger partial charge in [-0.3, -0.25) is 9.69 Å². The summed E-state index contributed by atoms with van der Waals surface area (Å²) in [7, 11) is 0. The van der Waals surface area contributed by atoms with Gasteiger partial charge in [0.2, 0.25) is 0 Å². The fourth-order valence-electron chi connectivity index (χ4n) is 3.60. The molecule has 0 bridgehead atoms. The number of para-hydroxylation sites is 1. The Bertz CT molecular complexity index is 1350. The first-order chi connectivity index (χ1) is 18.0. The Morgan fingerprint density at radius 2 is 1.54 bits per heavy atom. The van der Waals surface area contributed by atoms with Gasteiger partial charge in [-0.25, -0.2) is 9.18 Å². The molecule has 2 N–H and O–H groups in total. The number of urea groups is 1. The summed E-state index contributed by atoms with van der Waals surface area (Å²) in [6.45, 7) is 0.548. The van der Waals surface area contributed by atoms with Crippen LogP contribution in [-0.4, -0.2) is 25.0 Å². The topological polar surface area (TPSA) is 70.7 Å². The number of carbonyl (C=O) groups excluding carboxylic acids is 2. The van der Waals surface area contributed by atoms with E-state index in [-0.39, 0.29) is 18.1 Å². The summed E-state index contributed by atoms with van der Waals surface area (Å²) in [5.74, 6) is 0.245. The molecule has 0 aliphatic carbocycles. The summed E-state index contributed by atoms with van der Waals surface area (Å²) in [5, 5.41) is 6.06. The minimum Gasteiger partial charge on any atom is -0.457 e. The Labute approximate surface area is 219 Å². The minimum absolute atomic E-state index is 0.0212. The fourth-order valence-corrected chi connectivity index (χ4v) is 3.79. The first kappa shape index (κ1) is 25.7. The van der Waals surface area contributed by atoms with E-state index in [4.69, 9.17) is 16.3 Å². The number of anilines is 2. The number of carbonyl (C=O) groups is 2. The van der Waals surface area contributed by atoms with Gasteiger partial charge in [-0.15, -0.1) is 0 Å². The summed E-state index contributed by atoms with van der Waals surface area (Å²) >= 11 is 6.06. The van der Waals surface area contributed by atoms with Gasteiger partial charge >= 0.3 is 6.03 Å². The van der Waals surface area contributed by atoms with Crippen LogP contribution in [0.3, 0.4) is 0 Å². The van der Waals surface area contributed by atoms with E-state index in [1.807, 2.05) is 30.3 Å². The third kappa shape index (κ3) is 7.32. The highest BCUT2D eigenvalue weighted by Crippen LogP contribution is 2.25. The highest BCUT2D eigenvalue weighted by molar-refractivity contribution is 6.30. The molecule has 0 atom stereocenters. The zero-order valence-corrected chi connectivity index (χ0v) is 20.6. The van der Waals surface area contributed by atoms with E-state index in [0.717, 1.165) is 0 Å². The Morgan fingerprint density at radius 3 is 2.27 bits per heavy atom. The number of benzene rings is 4. The van der Waals surface area contributed by atoms with E-state index < -0.39 is 11.7 Å². The van der Waals surface area contributed by atoms with Gasteiger partial charge in [0.25, 0.3) is 5.91 Å². The molecule has 4 rings (SSSR count). The summed E-state index contributed by atoms with van der Waals surface area (Å²) in [4.78, 5) is 27.1. The van der Waals surface area contributed by atoms with E-state index in [0.29, 0.717) is 40.9 Å². The second kappa shape index (κ2) is 12.6. The number of ether oxygens (including phenoxy) is 1. The van der Waals surface area contributed by atoms with Crippen LogP contribution < -0.4 is 20.3 Å². The van der Waals surface area contributed by atoms with Crippen molar-refractivity contribution in [1.29, 1.82) is 0 Å². The molecule has 0 saturated carbocycles. The van der Waals surface area contributed by atoms with E-state index >= 15 is 0 Å². The quantitative estimate of drug-likeness (QED) is 0.232. The van der Waals surface area contributed by atoms with Crippen LogP contribution in [0.1, 0.15) is 16.8 Å². The highest BCUT2D eigenvalue weighted by Gasteiger charge is 2.17. The number of nitrogens with zero attached hydrogens (tertiary/aromatic N) is 1. The molecular formula is C29H25ClFN3O3. The van der Waals surface area contributed by atoms with Gasteiger partial charge in [0.1, 0.15) is 17.3 Å². The molecular weight excluding hydrogens is 493 g/mol. The SMILES string of the molecule is O=C(NCCCN(C(=O)Nc1cccc(Cl)c1)c1ccc(Oc2ccccc2)cc1)c1ccccc1F. The standard InChI is InChI=1S/C29H25ClFN3O3/c30-21-8-6-9-22(20-21)33-29(36)34(19-7-18-32-28(35)26-12-4-5-13-27(26)31)23-14-16-25(17-15-23)37-24-10-2-1-3-11-24/h1-6,8-17,20H,7,18-19H2,(H,32,35)(H,33,36). The van der Waals surface area contributed by atoms with E-state index in [1.165, 1.54) is 18.2 Å². The number of rotatable bonds is 9. The molecule has 0 heterocycles. The van der Waals surface area contributed by atoms with Crippen molar-refractivity contribution in [3.63, 3.8) is 0 Å². The van der Waals surface area contributed by atoms with Crippen molar-refractivity contribution in [2.45, 2.75) is 6.42 Å². The maximum Gasteiger partial charge on any atom is 0.326 e. The Kier molecular flexibility index (Phi) is 8.73. The van der Waals surface area contributed by atoms with Crippen LogP contribution in [0.4, 0.5) is 20.6 Å². The molecule has 0 unspecified atom stereocenters. The van der Waals surface area contributed by atoms with Gasteiger partial charge in [0.05, 0.1) is 5.56 Å². The first-order valence-corrected chi connectivity index (χ1v) is 12.1. The Morgan fingerprint density at radius 1 is 0.838 bits per heavy atom.